The summed E-state index contributed by atoms with van der Waals surface area (Å²) < 4.78 is 0. The molecule has 3 rings (SSSR count). The SMILES string of the molecule is Clc1ccccc1-c1cccc(C2CCCCC2)c1. The molecule has 1 aliphatic rings. The zero-order chi connectivity index (χ0) is 13.1. The lowest BCUT2D eigenvalue weighted by atomic mass is 9.83. The van der Waals surface area contributed by atoms with E-state index in [2.05, 4.69) is 36.4 Å². The second kappa shape index (κ2) is 5.79. The number of rotatable bonds is 2. The first kappa shape index (κ1) is 12.7. The topological polar surface area (TPSA) is 0 Å². The quantitative estimate of drug-likeness (QED) is 0.623. The summed E-state index contributed by atoms with van der Waals surface area (Å²) in [4.78, 5) is 0. The van der Waals surface area contributed by atoms with Crippen LogP contribution in [-0.4, -0.2) is 0 Å². The van der Waals surface area contributed by atoms with Crippen LogP contribution < -0.4 is 0 Å². The summed E-state index contributed by atoms with van der Waals surface area (Å²) in [7, 11) is 0. The highest BCUT2D eigenvalue weighted by molar-refractivity contribution is 6.33. The Morgan fingerprint density at radius 2 is 1.63 bits per heavy atom. The molecule has 2 aromatic carbocycles. The van der Waals surface area contributed by atoms with E-state index in [1.54, 1.807) is 0 Å². The van der Waals surface area contributed by atoms with Gasteiger partial charge in [0.2, 0.25) is 0 Å². The summed E-state index contributed by atoms with van der Waals surface area (Å²) in [6.07, 6.45) is 6.83. The predicted octanol–water partition coefficient (Wildman–Crippen LogP) is 6.05. The minimum Gasteiger partial charge on any atom is -0.0837 e. The lowest BCUT2D eigenvalue weighted by Gasteiger charge is -2.22. The fourth-order valence-corrected chi connectivity index (χ4v) is 3.34. The molecule has 19 heavy (non-hydrogen) atoms. The standard InChI is InChI=1S/C18H19Cl/c19-18-12-5-4-11-17(18)16-10-6-9-15(13-16)14-7-2-1-3-8-14/h4-6,9-14H,1-3,7-8H2. The van der Waals surface area contributed by atoms with Crippen LogP contribution in [0.2, 0.25) is 5.02 Å². The monoisotopic (exact) mass is 270 g/mol. The lowest BCUT2D eigenvalue weighted by Crippen LogP contribution is -2.04. The Kier molecular flexibility index (Phi) is 3.89. The van der Waals surface area contributed by atoms with E-state index in [-0.39, 0.29) is 0 Å². The van der Waals surface area contributed by atoms with Crippen LogP contribution in [0.4, 0.5) is 0 Å². The highest BCUT2D eigenvalue weighted by atomic mass is 35.5. The van der Waals surface area contributed by atoms with Crippen molar-refractivity contribution in [2.75, 3.05) is 0 Å². The van der Waals surface area contributed by atoms with Gasteiger partial charge in [0.15, 0.2) is 0 Å². The second-order valence-electron chi connectivity index (χ2n) is 5.44. The van der Waals surface area contributed by atoms with E-state index < -0.39 is 0 Å². The fraction of sp³-hybridized carbons (Fsp3) is 0.333. The van der Waals surface area contributed by atoms with Gasteiger partial charge in [0.1, 0.15) is 0 Å². The first-order valence-electron chi connectivity index (χ1n) is 7.19. The van der Waals surface area contributed by atoms with Gasteiger partial charge in [0.25, 0.3) is 0 Å². The molecule has 0 N–H and O–H groups in total. The highest BCUT2D eigenvalue weighted by Gasteiger charge is 2.16. The Balaban J connectivity index is 1.93. The molecule has 1 fully saturated rings. The predicted molar refractivity (Wildman–Crippen MR) is 82.7 cm³/mol. The minimum absolute atomic E-state index is 0.746. The average molecular weight is 271 g/mol. The molecule has 0 amide bonds. The number of benzene rings is 2. The molecule has 1 saturated carbocycles. The van der Waals surface area contributed by atoms with Gasteiger partial charge in [-0.15, -0.1) is 0 Å². The lowest BCUT2D eigenvalue weighted by molar-refractivity contribution is 0.444. The maximum atomic E-state index is 6.30. The van der Waals surface area contributed by atoms with Crippen LogP contribution in [-0.2, 0) is 0 Å². The van der Waals surface area contributed by atoms with E-state index >= 15 is 0 Å². The number of halogens is 1. The summed E-state index contributed by atoms with van der Waals surface area (Å²) >= 11 is 6.30. The van der Waals surface area contributed by atoms with Crippen molar-refractivity contribution in [1.82, 2.24) is 0 Å². The van der Waals surface area contributed by atoms with E-state index in [9.17, 15) is 0 Å². The normalized spacial score (nSPS) is 16.5. The Bertz CT molecular complexity index is 553. The number of hydrogen-bond acceptors (Lipinski definition) is 0. The highest BCUT2D eigenvalue weighted by Crippen LogP contribution is 2.35. The maximum absolute atomic E-state index is 6.30. The van der Waals surface area contributed by atoms with Gasteiger partial charge in [0, 0.05) is 10.6 Å². The fourth-order valence-electron chi connectivity index (χ4n) is 3.09. The molecule has 0 saturated heterocycles. The third-order valence-electron chi connectivity index (χ3n) is 4.15. The van der Waals surface area contributed by atoms with Crippen molar-refractivity contribution >= 4 is 11.6 Å². The summed E-state index contributed by atoms with van der Waals surface area (Å²) in [5.74, 6) is 0.746. The molecule has 0 bridgehead atoms. The van der Waals surface area contributed by atoms with E-state index in [1.165, 1.54) is 43.2 Å². The van der Waals surface area contributed by atoms with Gasteiger partial charge < -0.3 is 0 Å². The molecule has 0 heterocycles. The van der Waals surface area contributed by atoms with Gasteiger partial charge in [-0.05, 0) is 36.0 Å². The van der Waals surface area contributed by atoms with Crippen LogP contribution >= 0.6 is 11.6 Å². The van der Waals surface area contributed by atoms with Crippen molar-refractivity contribution in [1.29, 1.82) is 0 Å². The zero-order valence-corrected chi connectivity index (χ0v) is 11.9. The summed E-state index contributed by atoms with van der Waals surface area (Å²) in [5, 5.41) is 0.836. The van der Waals surface area contributed by atoms with Crippen LogP contribution in [0, 0.1) is 0 Å². The Morgan fingerprint density at radius 1 is 0.842 bits per heavy atom. The molecule has 0 spiro atoms. The Morgan fingerprint density at radius 3 is 2.42 bits per heavy atom. The first-order chi connectivity index (χ1) is 9.34. The number of hydrogen-bond donors (Lipinski definition) is 0. The third kappa shape index (κ3) is 2.84. The molecule has 0 aliphatic heterocycles. The first-order valence-corrected chi connectivity index (χ1v) is 7.57. The summed E-state index contributed by atoms with van der Waals surface area (Å²) in [5.41, 5.74) is 3.87. The van der Waals surface area contributed by atoms with Crippen molar-refractivity contribution < 1.29 is 0 Å². The van der Waals surface area contributed by atoms with Crippen LogP contribution in [0.15, 0.2) is 48.5 Å². The van der Waals surface area contributed by atoms with E-state index in [4.69, 9.17) is 11.6 Å². The molecule has 1 heteroatoms. The molecule has 2 aromatic rings. The molecule has 0 atom stereocenters. The van der Waals surface area contributed by atoms with Crippen LogP contribution in [0.3, 0.4) is 0 Å². The average Bonchev–Trinajstić information content (AvgIpc) is 2.49. The minimum atomic E-state index is 0.746. The smallest absolute Gasteiger partial charge is 0.0484 e. The third-order valence-corrected chi connectivity index (χ3v) is 4.48. The van der Waals surface area contributed by atoms with Gasteiger partial charge in [-0.25, -0.2) is 0 Å². The van der Waals surface area contributed by atoms with Gasteiger partial charge >= 0.3 is 0 Å². The van der Waals surface area contributed by atoms with Gasteiger partial charge in [-0.3, -0.25) is 0 Å². The molecular formula is C18H19Cl. The zero-order valence-electron chi connectivity index (χ0n) is 11.1. The van der Waals surface area contributed by atoms with Crippen molar-refractivity contribution in [3.05, 3.63) is 59.1 Å². The van der Waals surface area contributed by atoms with Crippen molar-refractivity contribution in [3.63, 3.8) is 0 Å². The van der Waals surface area contributed by atoms with Crippen LogP contribution in [0.25, 0.3) is 11.1 Å². The molecule has 1 aliphatic carbocycles. The molecular weight excluding hydrogens is 252 g/mol. The van der Waals surface area contributed by atoms with E-state index in [0.717, 1.165) is 16.5 Å². The van der Waals surface area contributed by atoms with Crippen LogP contribution in [0.5, 0.6) is 0 Å². The molecule has 0 nitrogen and oxygen atoms in total. The largest absolute Gasteiger partial charge is 0.0837 e. The van der Waals surface area contributed by atoms with Gasteiger partial charge in [-0.1, -0.05) is 73.3 Å². The second-order valence-corrected chi connectivity index (χ2v) is 5.85. The van der Waals surface area contributed by atoms with Crippen molar-refractivity contribution in [2.45, 2.75) is 38.0 Å². The maximum Gasteiger partial charge on any atom is 0.0484 e. The van der Waals surface area contributed by atoms with Gasteiger partial charge in [-0.2, -0.15) is 0 Å². The molecule has 0 unspecified atom stereocenters. The molecule has 98 valence electrons. The van der Waals surface area contributed by atoms with E-state index in [0.29, 0.717) is 0 Å². The molecule has 0 aromatic heterocycles. The molecule has 0 radical (unpaired) electrons. The summed E-state index contributed by atoms with van der Waals surface area (Å²) in [6, 6.07) is 17.0. The van der Waals surface area contributed by atoms with Crippen molar-refractivity contribution in [3.8, 4) is 11.1 Å². The van der Waals surface area contributed by atoms with E-state index in [1.807, 2.05) is 12.1 Å². The Hall–Kier alpha value is -1.27. The Labute approximate surface area is 120 Å². The summed E-state index contributed by atoms with van der Waals surface area (Å²) in [6.45, 7) is 0. The van der Waals surface area contributed by atoms with Crippen LogP contribution in [0.1, 0.15) is 43.6 Å². The van der Waals surface area contributed by atoms with Gasteiger partial charge in [0.05, 0.1) is 0 Å². The van der Waals surface area contributed by atoms with Crippen molar-refractivity contribution in [2.24, 2.45) is 0 Å².